The van der Waals surface area contributed by atoms with Crippen LogP contribution in [0.1, 0.15) is 23.2 Å². The van der Waals surface area contributed by atoms with Crippen molar-refractivity contribution < 1.29 is 23.4 Å². The van der Waals surface area contributed by atoms with Crippen molar-refractivity contribution in [3.05, 3.63) is 27.2 Å². The maximum absolute atomic E-state index is 12.2. The highest BCUT2D eigenvalue weighted by atomic mass is 79.9. The van der Waals surface area contributed by atoms with E-state index < -0.39 is 16.0 Å². The second kappa shape index (κ2) is 6.21. The molecular formula is C12H13BrClNO5S. The standard InChI is InChI=1S/C12H13BrClNO5S/c13-10-4-8(3-9(11(10)14)12(17)18)21(19,20)15-5-6-1-7(16)2-6/h3-4,6-7,15-16H,1-2,5H2,(H,17,18). The number of benzene rings is 1. The smallest absolute Gasteiger partial charge is 0.337 e. The van der Waals surface area contributed by atoms with Crippen molar-refractivity contribution >= 4 is 43.5 Å². The number of carbonyl (C=O) groups is 1. The summed E-state index contributed by atoms with van der Waals surface area (Å²) in [5.41, 5.74) is -0.287. The first-order chi connectivity index (χ1) is 9.70. The molecule has 21 heavy (non-hydrogen) atoms. The monoisotopic (exact) mass is 397 g/mol. The van der Waals surface area contributed by atoms with E-state index in [4.69, 9.17) is 21.8 Å². The zero-order valence-electron chi connectivity index (χ0n) is 10.7. The van der Waals surface area contributed by atoms with Gasteiger partial charge in [-0.25, -0.2) is 17.9 Å². The molecule has 0 aliphatic heterocycles. The fourth-order valence-corrected chi connectivity index (χ4v) is 4.02. The van der Waals surface area contributed by atoms with Crippen molar-refractivity contribution in [3.8, 4) is 0 Å². The SMILES string of the molecule is O=C(O)c1cc(S(=O)(=O)NCC2CC(O)C2)cc(Br)c1Cl. The summed E-state index contributed by atoms with van der Waals surface area (Å²) in [6.45, 7) is 0.210. The molecule has 0 saturated heterocycles. The first-order valence-corrected chi connectivity index (χ1v) is 8.76. The summed E-state index contributed by atoms with van der Waals surface area (Å²) < 4.78 is 26.9. The second-order valence-corrected chi connectivity index (χ2v) is 7.91. The minimum Gasteiger partial charge on any atom is -0.478 e. The zero-order valence-corrected chi connectivity index (χ0v) is 13.9. The largest absolute Gasteiger partial charge is 0.478 e. The second-order valence-electron chi connectivity index (χ2n) is 4.91. The molecule has 1 saturated carbocycles. The van der Waals surface area contributed by atoms with E-state index >= 15 is 0 Å². The van der Waals surface area contributed by atoms with Crippen LogP contribution in [0.5, 0.6) is 0 Å². The third-order valence-electron chi connectivity index (χ3n) is 3.32. The minimum atomic E-state index is -3.83. The van der Waals surface area contributed by atoms with Crippen molar-refractivity contribution in [2.75, 3.05) is 6.54 Å². The van der Waals surface area contributed by atoms with Gasteiger partial charge in [0.15, 0.2) is 0 Å². The van der Waals surface area contributed by atoms with Crippen molar-refractivity contribution in [1.82, 2.24) is 4.72 Å². The van der Waals surface area contributed by atoms with Gasteiger partial charge in [0.25, 0.3) is 0 Å². The van der Waals surface area contributed by atoms with Crippen LogP contribution in [0.4, 0.5) is 0 Å². The first-order valence-electron chi connectivity index (χ1n) is 6.10. The highest BCUT2D eigenvalue weighted by Crippen LogP contribution is 2.30. The van der Waals surface area contributed by atoms with Gasteiger partial charge in [0.05, 0.1) is 21.6 Å². The molecule has 1 aromatic rings. The van der Waals surface area contributed by atoms with Crippen LogP contribution >= 0.6 is 27.5 Å². The lowest BCUT2D eigenvalue weighted by Crippen LogP contribution is -2.38. The number of carboxylic acid groups (broad SMARTS) is 1. The van der Waals surface area contributed by atoms with Crippen LogP contribution in [-0.4, -0.2) is 37.2 Å². The lowest BCUT2D eigenvalue weighted by atomic mass is 9.83. The molecule has 0 spiro atoms. The maximum atomic E-state index is 12.2. The van der Waals surface area contributed by atoms with Gasteiger partial charge in [-0.15, -0.1) is 0 Å². The summed E-state index contributed by atoms with van der Waals surface area (Å²) in [4.78, 5) is 10.9. The molecule has 0 atom stereocenters. The van der Waals surface area contributed by atoms with E-state index in [2.05, 4.69) is 20.7 Å². The molecule has 1 aliphatic carbocycles. The van der Waals surface area contributed by atoms with E-state index in [0.717, 1.165) is 6.07 Å². The molecule has 1 fully saturated rings. The number of hydrogen-bond donors (Lipinski definition) is 3. The summed E-state index contributed by atoms with van der Waals surface area (Å²) in [6, 6.07) is 2.28. The van der Waals surface area contributed by atoms with Crippen molar-refractivity contribution in [2.24, 2.45) is 5.92 Å². The molecule has 116 valence electrons. The molecule has 1 aromatic carbocycles. The fourth-order valence-electron chi connectivity index (χ4n) is 2.05. The average Bonchev–Trinajstić information content (AvgIpc) is 2.35. The highest BCUT2D eigenvalue weighted by Gasteiger charge is 2.29. The third-order valence-corrected chi connectivity index (χ3v) is 5.98. The van der Waals surface area contributed by atoms with Gasteiger partial charge in [-0.2, -0.15) is 0 Å². The molecule has 9 heteroatoms. The van der Waals surface area contributed by atoms with Gasteiger partial charge in [-0.1, -0.05) is 11.6 Å². The molecular weight excluding hydrogens is 386 g/mol. The number of hydrogen-bond acceptors (Lipinski definition) is 4. The van der Waals surface area contributed by atoms with Gasteiger partial charge in [0, 0.05) is 11.0 Å². The molecule has 2 rings (SSSR count). The topological polar surface area (TPSA) is 104 Å². The Balaban J connectivity index is 2.21. The van der Waals surface area contributed by atoms with Gasteiger partial charge in [-0.3, -0.25) is 0 Å². The summed E-state index contributed by atoms with van der Waals surface area (Å²) in [5, 5.41) is 18.1. The predicted octanol–water partition coefficient (Wildman–Crippen LogP) is 1.85. The van der Waals surface area contributed by atoms with Gasteiger partial charge in [-0.05, 0) is 46.8 Å². The van der Waals surface area contributed by atoms with Crippen LogP contribution in [0.15, 0.2) is 21.5 Å². The lowest BCUT2D eigenvalue weighted by Gasteiger charge is -2.31. The van der Waals surface area contributed by atoms with Gasteiger partial charge in [0.2, 0.25) is 10.0 Å². The minimum absolute atomic E-state index is 0.0523. The van der Waals surface area contributed by atoms with Crippen LogP contribution in [0.3, 0.4) is 0 Å². The molecule has 0 amide bonds. The van der Waals surface area contributed by atoms with E-state index in [0.29, 0.717) is 12.8 Å². The Hall–Kier alpha value is -0.670. The Morgan fingerprint density at radius 2 is 2.05 bits per heavy atom. The predicted molar refractivity (Wildman–Crippen MR) is 80.0 cm³/mol. The summed E-state index contributed by atoms with van der Waals surface area (Å²) >= 11 is 8.86. The van der Waals surface area contributed by atoms with E-state index in [1.807, 2.05) is 0 Å². The number of nitrogens with one attached hydrogen (secondary N) is 1. The Morgan fingerprint density at radius 1 is 1.43 bits per heavy atom. The number of halogens is 2. The van der Waals surface area contributed by atoms with Crippen LogP contribution < -0.4 is 4.72 Å². The third kappa shape index (κ3) is 3.75. The fraction of sp³-hybridized carbons (Fsp3) is 0.417. The molecule has 0 unspecified atom stereocenters. The Bertz CT molecular complexity index is 672. The number of aliphatic hydroxyl groups is 1. The molecule has 0 radical (unpaired) electrons. The number of aromatic carboxylic acids is 1. The number of rotatable bonds is 5. The molecule has 0 bridgehead atoms. The summed E-state index contributed by atoms with van der Waals surface area (Å²) in [6.07, 6.45) is 0.767. The van der Waals surface area contributed by atoms with E-state index in [9.17, 15) is 13.2 Å². The zero-order chi connectivity index (χ0) is 15.8. The Kier molecular flexibility index (Phi) is 4.94. The van der Waals surface area contributed by atoms with Gasteiger partial charge < -0.3 is 10.2 Å². The van der Waals surface area contributed by atoms with Crippen LogP contribution in [0.25, 0.3) is 0 Å². The van der Waals surface area contributed by atoms with E-state index in [1.54, 1.807) is 0 Å². The quantitative estimate of drug-likeness (QED) is 0.702. The van der Waals surface area contributed by atoms with Crippen LogP contribution in [0.2, 0.25) is 5.02 Å². The number of sulfonamides is 1. The average molecular weight is 399 g/mol. The van der Waals surface area contributed by atoms with E-state index in [1.165, 1.54) is 6.07 Å². The normalized spacial score (nSPS) is 21.9. The highest BCUT2D eigenvalue weighted by molar-refractivity contribution is 9.10. The summed E-state index contributed by atoms with van der Waals surface area (Å²) in [5.74, 6) is -1.20. The maximum Gasteiger partial charge on any atom is 0.337 e. The van der Waals surface area contributed by atoms with Crippen LogP contribution in [-0.2, 0) is 10.0 Å². The number of carboxylic acids is 1. The molecule has 1 aliphatic rings. The molecule has 0 heterocycles. The number of aliphatic hydroxyl groups excluding tert-OH is 1. The lowest BCUT2D eigenvalue weighted by molar-refractivity contribution is 0.0453. The van der Waals surface area contributed by atoms with E-state index in [-0.39, 0.29) is 38.5 Å². The van der Waals surface area contributed by atoms with Crippen molar-refractivity contribution in [1.29, 1.82) is 0 Å². The molecule has 0 aromatic heterocycles. The van der Waals surface area contributed by atoms with Crippen molar-refractivity contribution in [3.63, 3.8) is 0 Å². The Labute approximate surface area is 135 Å². The van der Waals surface area contributed by atoms with Crippen LogP contribution in [0, 0.1) is 5.92 Å². The van der Waals surface area contributed by atoms with Gasteiger partial charge in [0.1, 0.15) is 0 Å². The first kappa shape index (κ1) is 16.7. The Morgan fingerprint density at radius 3 is 2.57 bits per heavy atom. The van der Waals surface area contributed by atoms with Crippen molar-refractivity contribution in [2.45, 2.75) is 23.8 Å². The van der Waals surface area contributed by atoms with Gasteiger partial charge >= 0.3 is 5.97 Å². The molecule has 6 nitrogen and oxygen atoms in total. The molecule has 3 N–H and O–H groups in total. The summed E-state index contributed by atoms with van der Waals surface area (Å²) in [7, 11) is -3.83.